The summed E-state index contributed by atoms with van der Waals surface area (Å²) in [4.78, 5) is 6.80. The van der Waals surface area contributed by atoms with Gasteiger partial charge in [0.1, 0.15) is 5.75 Å². The van der Waals surface area contributed by atoms with E-state index in [0.29, 0.717) is 12.5 Å². The number of nitrogens with zero attached hydrogens (tertiary/aromatic N) is 2. The van der Waals surface area contributed by atoms with Gasteiger partial charge in [-0.1, -0.05) is 48.5 Å². The molecule has 1 N–H and O–H groups in total. The number of nitrogens with one attached hydrogen (secondary N) is 1. The average molecular weight is 396 g/mol. The minimum Gasteiger partial charge on any atom is -0.494 e. The molecule has 0 aliphatic carbocycles. The normalized spacial score (nSPS) is 16.8. The van der Waals surface area contributed by atoms with Gasteiger partial charge in [0.2, 0.25) is 0 Å². The summed E-state index contributed by atoms with van der Waals surface area (Å²) < 4.78 is 11.7. The summed E-state index contributed by atoms with van der Waals surface area (Å²) in [6, 6.07) is 20.3. The van der Waals surface area contributed by atoms with Crippen LogP contribution in [0.25, 0.3) is 0 Å². The topological polar surface area (TPSA) is 46.1 Å². The van der Waals surface area contributed by atoms with Crippen molar-refractivity contribution in [2.75, 3.05) is 39.9 Å². The number of aliphatic imine (C=N–C) groups is 1. The van der Waals surface area contributed by atoms with Crippen molar-refractivity contribution in [2.24, 2.45) is 10.9 Å². The smallest absolute Gasteiger partial charge is 0.193 e. The van der Waals surface area contributed by atoms with Gasteiger partial charge in [0.05, 0.1) is 19.8 Å². The van der Waals surface area contributed by atoms with Crippen LogP contribution in [-0.4, -0.2) is 50.8 Å². The van der Waals surface area contributed by atoms with Gasteiger partial charge in [-0.25, -0.2) is 0 Å². The Kier molecular flexibility index (Phi) is 8.86. The van der Waals surface area contributed by atoms with Gasteiger partial charge in [-0.3, -0.25) is 4.99 Å². The lowest BCUT2D eigenvalue weighted by atomic mass is 10.1. The monoisotopic (exact) mass is 395 g/mol. The van der Waals surface area contributed by atoms with E-state index in [2.05, 4.69) is 39.5 Å². The Hall–Kier alpha value is -2.53. The molecule has 0 radical (unpaired) electrons. The largest absolute Gasteiger partial charge is 0.494 e. The van der Waals surface area contributed by atoms with E-state index in [4.69, 9.17) is 9.47 Å². The third-order valence-corrected chi connectivity index (χ3v) is 5.13. The van der Waals surface area contributed by atoms with Gasteiger partial charge in [-0.2, -0.15) is 0 Å². The van der Waals surface area contributed by atoms with Crippen molar-refractivity contribution in [1.29, 1.82) is 0 Å². The third-order valence-electron chi connectivity index (χ3n) is 5.13. The molecule has 0 amide bonds. The lowest BCUT2D eigenvalue weighted by Crippen LogP contribution is -2.40. The van der Waals surface area contributed by atoms with Crippen molar-refractivity contribution in [1.82, 2.24) is 10.2 Å². The van der Waals surface area contributed by atoms with E-state index in [1.807, 2.05) is 43.4 Å². The Morgan fingerprint density at radius 3 is 2.59 bits per heavy atom. The molecule has 156 valence electrons. The fourth-order valence-electron chi connectivity index (χ4n) is 3.55. The standard InChI is InChI=1S/C24H33N3O2/c1-25-24(26-15-8-9-17-29-23-12-6-3-7-13-23)27-16-14-22(18-27)20-28-19-21-10-4-2-5-11-21/h2-7,10-13,22H,8-9,14-20H2,1H3,(H,25,26). The zero-order valence-electron chi connectivity index (χ0n) is 17.4. The van der Waals surface area contributed by atoms with Gasteiger partial charge in [0, 0.05) is 32.6 Å². The number of unbranched alkanes of at least 4 members (excludes halogenated alkanes) is 1. The number of hydrogen-bond acceptors (Lipinski definition) is 3. The first kappa shape index (κ1) is 21.2. The molecule has 1 aliphatic heterocycles. The molecule has 29 heavy (non-hydrogen) atoms. The Bertz CT molecular complexity index is 721. The summed E-state index contributed by atoms with van der Waals surface area (Å²) in [5.41, 5.74) is 1.23. The molecule has 1 fully saturated rings. The van der Waals surface area contributed by atoms with Crippen molar-refractivity contribution in [3.63, 3.8) is 0 Å². The van der Waals surface area contributed by atoms with Gasteiger partial charge < -0.3 is 19.7 Å². The molecular weight excluding hydrogens is 362 g/mol. The van der Waals surface area contributed by atoms with E-state index >= 15 is 0 Å². The van der Waals surface area contributed by atoms with Gasteiger partial charge in [0.15, 0.2) is 5.96 Å². The number of rotatable bonds is 10. The molecule has 2 aromatic rings. The highest BCUT2D eigenvalue weighted by Gasteiger charge is 2.24. The van der Waals surface area contributed by atoms with E-state index in [9.17, 15) is 0 Å². The van der Waals surface area contributed by atoms with E-state index in [0.717, 1.165) is 63.8 Å². The Morgan fingerprint density at radius 2 is 1.83 bits per heavy atom. The minimum atomic E-state index is 0.566. The summed E-state index contributed by atoms with van der Waals surface area (Å²) >= 11 is 0. The molecule has 1 heterocycles. The summed E-state index contributed by atoms with van der Waals surface area (Å²) in [5.74, 6) is 2.50. The molecule has 0 spiro atoms. The molecule has 1 aliphatic rings. The molecule has 0 aromatic heterocycles. The summed E-state index contributed by atoms with van der Waals surface area (Å²) in [7, 11) is 1.86. The molecule has 5 nitrogen and oxygen atoms in total. The zero-order chi connectivity index (χ0) is 20.2. The molecule has 1 saturated heterocycles. The van der Waals surface area contributed by atoms with Crippen LogP contribution in [0.1, 0.15) is 24.8 Å². The van der Waals surface area contributed by atoms with Gasteiger partial charge in [-0.15, -0.1) is 0 Å². The predicted octanol–water partition coefficient (Wildman–Crippen LogP) is 3.96. The molecule has 0 bridgehead atoms. The quantitative estimate of drug-likeness (QED) is 0.376. The zero-order valence-corrected chi connectivity index (χ0v) is 17.4. The Balaban J connectivity index is 1.27. The first-order valence-electron chi connectivity index (χ1n) is 10.6. The molecule has 1 unspecified atom stereocenters. The highest BCUT2D eigenvalue weighted by Crippen LogP contribution is 2.17. The molecular formula is C24H33N3O2. The number of ether oxygens (including phenoxy) is 2. The second-order valence-corrected chi connectivity index (χ2v) is 7.44. The Morgan fingerprint density at radius 1 is 1.07 bits per heavy atom. The van der Waals surface area contributed by atoms with E-state index in [1.54, 1.807) is 0 Å². The molecule has 2 aromatic carbocycles. The number of para-hydroxylation sites is 1. The fourth-order valence-corrected chi connectivity index (χ4v) is 3.55. The van der Waals surface area contributed by atoms with Crippen LogP contribution in [0.4, 0.5) is 0 Å². The molecule has 5 heteroatoms. The van der Waals surface area contributed by atoms with E-state index in [1.165, 1.54) is 5.56 Å². The lowest BCUT2D eigenvalue weighted by molar-refractivity contribution is 0.0907. The second-order valence-electron chi connectivity index (χ2n) is 7.44. The highest BCUT2D eigenvalue weighted by atomic mass is 16.5. The van der Waals surface area contributed by atoms with Crippen LogP contribution < -0.4 is 10.1 Å². The first-order chi connectivity index (χ1) is 14.3. The summed E-state index contributed by atoms with van der Waals surface area (Å²) in [6.07, 6.45) is 3.23. The minimum absolute atomic E-state index is 0.566. The van der Waals surface area contributed by atoms with Crippen LogP contribution in [0.15, 0.2) is 65.7 Å². The van der Waals surface area contributed by atoms with Crippen LogP contribution in [0.3, 0.4) is 0 Å². The number of likely N-dealkylation sites (tertiary alicyclic amines) is 1. The second kappa shape index (κ2) is 12.1. The van der Waals surface area contributed by atoms with Crippen molar-refractivity contribution in [2.45, 2.75) is 25.9 Å². The van der Waals surface area contributed by atoms with Gasteiger partial charge in [-0.05, 0) is 37.0 Å². The van der Waals surface area contributed by atoms with Crippen molar-refractivity contribution in [3.05, 3.63) is 66.2 Å². The van der Waals surface area contributed by atoms with Crippen molar-refractivity contribution < 1.29 is 9.47 Å². The Labute approximate surface area is 174 Å². The maximum atomic E-state index is 5.93. The molecule has 3 rings (SSSR count). The maximum Gasteiger partial charge on any atom is 0.193 e. The van der Waals surface area contributed by atoms with Crippen LogP contribution in [0, 0.1) is 5.92 Å². The first-order valence-corrected chi connectivity index (χ1v) is 10.6. The SMILES string of the molecule is CN=C(NCCCCOc1ccccc1)N1CCC(COCc2ccccc2)C1. The molecule has 1 atom stereocenters. The molecule has 0 saturated carbocycles. The van der Waals surface area contributed by atoms with Crippen molar-refractivity contribution >= 4 is 5.96 Å². The van der Waals surface area contributed by atoms with Gasteiger partial charge >= 0.3 is 0 Å². The van der Waals surface area contributed by atoms with Crippen LogP contribution in [0.5, 0.6) is 5.75 Å². The third kappa shape index (κ3) is 7.42. The summed E-state index contributed by atoms with van der Waals surface area (Å²) in [5, 5.41) is 3.49. The van der Waals surface area contributed by atoms with Crippen LogP contribution in [-0.2, 0) is 11.3 Å². The van der Waals surface area contributed by atoms with Gasteiger partial charge in [0.25, 0.3) is 0 Å². The average Bonchev–Trinajstić information content (AvgIpc) is 3.23. The highest BCUT2D eigenvalue weighted by molar-refractivity contribution is 5.80. The lowest BCUT2D eigenvalue weighted by Gasteiger charge is -2.21. The van der Waals surface area contributed by atoms with Crippen molar-refractivity contribution in [3.8, 4) is 5.75 Å². The number of benzene rings is 2. The van der Waals surface area contributed by atoms with Crippen LogP contribution in [0.2, 0.25) is 0 Å². The van der Waals surface area contributed by atoms with E-state index < -0.39 is 0 Å². The predicted molar refractivity (Wildman–Crippen MR) is 118 cm³/mol. The fraction of sp³-hybridized carbons (Fsp3) is 0.458. The number of guanidine groups is 1. The number of hydrogen-bond donors (Lipinski definition) is 1. The summed E-state index contributed by atoms with van der Waals surface area (Å²) in [6.45, 7) is 5.20. The maximum absolute atomic E-state index is 5.93. The van der Waals surface area contributed by atoms with E-state index in [-0.39, 0.29) is 0 Å². The van der Waals surface area contributed by atoms with Crippen LogP contribution >= 0.6 is 0 Å².